The first-order valence-corrected chi connectivity index (χ1v) is 4.51. The van der Waals surface area contributed by atoms with Gasteiger partial charge in [0, 0.05) is 25.0 Å². The lowest BCUT2D eigenvalue weighted by atomic mass is 10.1. The van der Waals surface area contributed by atoms with Crippen molar-refractivity contribution in [3.05, 3.63) is 18.0 Å². The van der Waals surface area contributed by atoms with Crippen LogP contribution in [0.25, 0.3) is 0 Å². The summed E-state index contributed by atoms with van der Waals surface area (Å²) in [7, 11) is 0. The van der Waals surface area contributed by atoms with Gasteiger partial charge in [-0.05, 0) is 12.0 Å². The SMILES string of the molecule is CC(C)c1ccnc(NCCN)n1. The summed E-state index contributed by atoms with van der Waals surface area (Å²) in [6.07, 6.45) is 1.77. The number of rotatable bonds is 4. The molecule has 0 amide bonds. The first-order valence-electron chi connectivity index (χ1n) is 4.51. The van der Waals surface area contributed by atoms with Crippen molar-refractivity contribution < 1.29 is 0 Å². The quantitative estimate of drug-likeness (QED) is 0.724. The van der Waals surface area contributed by atoms with Crippen LogP contribution in [0.15, 0.2) is 12.3 Å². The van der Waals surface area contributed by atoms with E-state index in [1.165, 1.54) is 0 Å². The second-order valence-electron chi connectivity index (χ2n) is 3.18. The third-order valence-electron chi connectivity index (χ3n) is 1.70. The van der Waals surface area contributed by atoms with Crippen molar-refractivity contribution in [2.45, 2.75) is 19.8 Å². The molecule has 1 rings (SSSR count). The molecule has 0 aliphatic carbocycles. The van der Waals surface area contributed by atoms with Gasteiger partial charge in [0.1, 0.15) is 0 Å². The number of nitrogens with zero attached hydrogens (tertiary/aromatic N) is 2. The highest BCUT2D eigenvalue weighted by Gasteiger charge is 2.01. The molecule has 0 aliphatic rings. The third kappa shape index (κ3) is 2.99. The van der Waals surface area contributed by atoms with Crippen molar-refractivity contribution in [1.29, 1.82) is 0 Å². The van der Waals surface area contributed by atoms with Crippen molar-refractivity contribution in [2.75, 3.05) is 18.4 Å². The minimum Gasteiger partial charge on any atom is -0.353 e. The molecule has 0 aliphatic heterocycles. The molecule has 0 bridgehead atoms. The number of hydrogen-bond acceptors (Lipinski definition) is 4. The maximum Gasteiger partial charge on any atom is 0.222 e. The van der Waals surface area contributed by atoms with E-state index in [4.69, 9.17) is 5.73 Å². The summed E-state index contributed by atoms with van der Waals surface area (Å²) < 4.78 is 0. The Morgan fingerprint density at radius 1 is 1.54 bits per heavy atom. The lowest BCUT2D eigenvalue weighted by Gasteiger charge is -2.06. The maximum absolute atomic E-state index is 5.36. The Hall–Kier alpha value is -1.16. The van der Waals surface area contributed by atoms with Crippen LogP contribution in [0.3, 0.4) is 0 Å². The number of aromatic nitrogens is 2. The van der Waals surface area contributed by atoms with E-state index >= 15 is 0 Å². The summed E-state index contributed by atoms with van der Waals surface area (Å²) in [5.74, 6) is 1.10. The van der Waals surface area contributed by atoms with Gasteiger partial charge in [-0.3, -0.25) is 0 Å². The molecule has 13 heavy (non-hydrogen) atoms. The normalized spacial score (nSPS) is 10.5. The number of anilines is 1. The summed E-state index contributed by atoms with van der Waals surface area (Å²) in [5.41, 5.74) is 6.41. The van der Waals surface area contributed by atoms with Gasteiger partial charge in [-0.2, -0.15) is 0 Å². The van der Waals surface area contributed by atoms with Crippen LogP contribution in [0.4, 0.5) is 5.95 Å². The molecule has 1 heterocycles. The molecular weight excluding hydrogens is 164 g/mol. The van der Waals surface area contributed by atoms with E-state index < -0.39 is 0 Å². The monoisotopic (exact) mass is 180 g/mol. The van der Waals surface area contributed by atoms with Crippen molar-refractivity contribution in [3.8, 4) is 0 Å². The minimum atomic E-state index is 0.432. The van der Waals surface area contributed by atoms with Crippen LogP contribution >= 0.6 is 0 Å². The van der Waals surface area contributed by atoms with Gasteiger partial charge in [0.05, 0.1) is 0 Å². The van der Waals surface area contributed by atoms with Gasteiger partial charge in [-0.25, -0.2) is 9.97 Å². The zero-order chi connectivity index (χ0) is 9.68. The Balaban J connectivity index is 2.68. The van der Waals surface area contributed by atoms with Crippen LogP contribution in [0, 0.1) is 0 Å². The molecule has 0 saturated carbocycles. The smallest absolute Gasteiger partial charge is 0.222 e. The van der Waals surface area contributed by atoms with E-state index in [-0.39, 0.29) is 0 Å². The van der Waals surface area contributed by atoms with Crippen LogP contribution in [-0.2, 0) is 0 Å². The van der Waals surface area contributed by atoms with Gasteiger partial charge in [0.2, 0.25) is 5.95 Å². The Kier molecular flexibility index (Phi) is 3.64. The highest BCUT2D eigenvalue weighted by Crippen LogP contribution is 2.11. The van der Waals surface area contributed by atoms with Crippen molar-refractivity contribution in [3.63, 3.8) is 0 Å². The molecule has 0 fully saturated rings. The Morgan fingerprint density at radius 2 is 2.31 bits per heavy atom. The van der Waals surface area contributed by atoms with E-state index in [0.717, 1.165) is 5.69 Å². The fourth-order valence-corrected chi connectivity index (χ4v) is 0.963. The molecule has 0 aromatic carbocycles. The maximum atomic E-state index is 5.36. The van der Waals surface area contributed by atoms with E-state index in [0.29, 0.717) is 25.0 Å². The standard InChI is InChI=1S/C9H16N4/c1-7(2)8-3-5-11-9(13-8)12-6-4-10/h3,5,7H,4,6,10H2,1-2H3,(H,11,12,13). The van der Waals surface area contributed by atoms with Crippen molar-refractivity contribution >= 4 is 5.95 Å². The summed E-state index contributed by atoms with van der Waals surface area (Å²) in [6, 6.07) is 1.93. The predicted molar refractivity (Wildman–Crippen MR) is 53.7 cm³/mol. The zero-order valence-electron chi connectivity index (χ0n) is 8.12. The lowest BCUT2D eigenvalue weighted by molar-refractivity contribution is 0.813. The molecule has 72 valence electrons. The lowest BCUT2D eigenvalue weighted by Crippen LogP contribution is -2.15. The third-order valence-corrected chi connectivity index (χ3v) is 1.70. The molecule has 4 heteroatoms. The fraction of sp³-hybridized carbons (Fsp3) is 0.556. The summed E-state index contributed by atoms with van der Waals surface area (Å²) in [4.78, 5) is 8.41. The molecule has 3 N–H and O–H groups in total. The Bertz CT molecular complexity index is 260. The zero-order valence-corrected chi connectivity index (χ0v) is 8.12. The van der Waals surface area contributed by atoms with Crippen LogP contribution < -0.4 is 11.1 Å². The highest BCUT2D eigenvalue weighted by molar-refractivity contribution is 5.25. The van der Waals surface area contributed by atoms with Gasteiger partial charge in [-0.1, -0.05) is 13.8 Å². The van der Waals surface area contributed by atoms with E-state index in [1.807, 2.05) is 6.07 Å². The molecular formula is C9H16N4. The number of nitrogens with two attached hydrogens (primary N) is 1. The van der Waals surface area contributed by atoms with Crippen LogP contribution in [0.2, 0.25) is 0 Å². The van der Waals surface area contributed by atoms with Crippen LogP contribution in [0.5, 0.6) is 0 Å². The summed E-state index contributed by atoms with van der Waals surface area (Å²) >= 11 is 0. The second kappa shape index (κ2) is 4.77. The Morgan fingerprint density at radius 3 is 2.92 bits per heavy atom. The molecule has 4 nitrogen and oxygen atoms in total. The molecule has 0 radical (unpaired) electrons. The van der Waals surface area contributed by atoms with Gasteiger partial charge < -0.3 is 11.1 Å². The van der Waals surface area contributed by atoms with E-state index in [9.17, 15) is 0 Å². The summed E-state index contributed by atoms with van der Waals surface area (Å²) in [5, 5.41) is 3.04. The van der Waals surface area contributed by atoms with Crippen molar-refractivity contribution in [2.24, 2.45) is 5.73 Å². The molecule has 1 aromatic rings. The van der Waals surface area contributed by atoms with Crippen LogP contribution in [0.1, 0.15) is 25.5 Å². The molecule has 0 unspecified atom stereocenters. The Labute approximate surface area is 78.6 Å². The first kappa shape index (κ1) is 9.92. The molecule has 0 atom stereocenters. The first-order chi connectivity index (χ1) is 6.24. The second-order valence-corrected chi connectivity index (χ2v) is 3.18. The van der Waals surface area contributed by atoms with Gasteiger partial charge in [0.25, 0.3) is 0 Å². The average Bonchev–Trinajstić information content (AvgIpc) is 2.15. The number of hydrogen-bond donors (Lipinski definition) is 2. The predicted octanol–water partition coefficient (Wildman–Crippen LogP) is 0.971. The van der Waals surface area contributed by atoms with Gasteiger partial charge >= 0.3 is 0 Å². The van der Waals surface area contributed by atoms with E-state index in [1.54, 1.807) is 6.20 Å². The largest absolute Gasteiger partial charge is 0.353 e. The molecule has 0 saturated heterocycles. The average molecular weight is 180 g/mol. The van der Waals surface area contributed by atoms with Crippen LogP contribution in [-0.4, -0.2) is 23.1 Å². The molecule has 0 spiro atoms. The number of nitrogens with one attached hydrogen (secondary N) is 1. The van der Waals surface area contributed by atoms with Gasteiger partial charge in [0.15, 0.2) is 0 Å². The highest BCUT2D eigenvalue weighted by atomic mass is 15.1. The van der Waals surface area contributed by atoms with Gasteiger partial charge in [-0.15, -0.1) is 0 Å². The fourth-order valence-electron chi connectivity index (χ4n) is 0.963. The minimum absolute atomic E-state index is 0.432. The summed E-state index contributed by atoms with van der Waals surface area (Å²) in [6.45, 7) is 5.51. The van der Waals surface area contributed by atoms with Crippen molar-refractivity contribution in [1.82, 2.24) is 9.97 Å². The van der Waals surface area contributed by atoms with E-state index in [2.05, 4.69) is 29.1 Å². The molecule has 1 aromatic heterocycles. The topological polar surface area (TPSA) is 63.8 Å².